The van der Waals surface area contributed by atoms with Crippen LogP contribution in [0.3, 0.4) is 0 Å². The minimum absolute atomic E-state index is 0.0434. The van der Waals surface area contributed by atoms with Gasteiger partial charge in [-0.05, 0) is 50.4 Å². The summed E-state index contributed by atoms with van der Waals surface area (Å²) in [4.78, 5) is 61.2. The highest BCUT2D eigenvalue weighted by Crippen LogP contribution is 2.12. The van der Waals surface area contributed by atoms with Crippen LogP contribution in [0.2, 0.25) is 0 Å². The SMILES string of the molecule is CC(O)C(NC(=O)C(Cc1ccc(O)cc1)NC(=O)C(CCC(=O)O)NC(=O)C(N)CCCCN)C(=O)O. The van der Waals surface area contributed by atoms with Crippen molar-refractivity contribution in [1.82, 2.24) is 16.0 Å². The number of aromatic hydroxyl groups is 1. The van der Waals surface area contributed by atoms with Crippen LogP contribution in [0.1, 0.15) is 44.6 Å². The molecule has 0 saturated carbocycles. The molecule has 0 radical (unpaired) electrons. The summed E-state index contributed by atoms with van der Waals surface area (Å²) in [7, 11) is 0. The number of hydrogen-bond donors (Lipinski definition) is 9. The lowest BCUT2D eigenvalue weighted by molar-refractivity contribution is -0.145. The minimum Gasteiger partial charge on any atom is -0.508 e. The summed E-state index contributed by atoms with van der Waals surface area (Å²) in [5, 5.41) is 44.6. The van der Waals surface area contributed by atoms with Gasteiger partial charge in [-0.2, -0.15) is 0 Å². The topological polar surface area (TPSA) is 254 Å². The highest BCUT2D eigenvalue weighted by molar-refractivity contribution is 5.94. The largest absolute Gasteiger partial charge is 0.508 e. The predicted octanol–water partition coefficient (Wildman–Crippen LogP) is -1.82. The molecule has 212 valence electrons. The average molecular weight is 540 g/mol. The van der Waals surface area contributed by atoms with Crippen LogP contribution in [-0.4, -0.2) is 86.9 Å². The molecular weight excluding hydrogens is 502 g/mol. The Morgan fingerprint density at radius 3 is 1.97 bits per heavy atom. The Hall–Kier alpha value is -3.75. The van der Waals surface area contributed by atoms with Crippen molar-refractivity contribution in [2.24, 2.45) is 11.5 Å². The van der Waals surface area contributed by atoms with Crippen molar-refractivity contribution in [3.05, 3.63) is 29.8 Å². The second-order valence-corrected chi connectivity index (χ2v) is 8.88. The Balaban J connectivity index is 3.13. The highest BCUT2D eigenvalue weighted by atomic mass is 16.4. The molecule has 0 fully saturated rings. The van der Waals surface area contributed by atoms with Crippen LogP contribution < -0.4 is 27.4 Å². The van der Waals surface area contributed by atoms with Gasteiger partial charge in [0.05, 0.1) is 12.1 Å². The third kappa shape index (κ3) is 11.5. The van der Waals surface area contributed by atoms with E-state index in [1.165, 1.54) is 31.2 Å². The number of amides is 3. The van der Waals surface area contributed by atoms with Gasteiger partial charge in [-0.25, -0.2) is 4.79 Å². The quantitative estimate of drug-likeness (QED) is 0.0995. The summed E-state index contributed by atoms with van der Waals surface area (Å²) >= 11 is 0. The molecule has 38 heavy (non-hydrogen) atoms. The van der Waals surface area contributed by atoms with E-state index in [2.05, 4.69) is 16.0 Å². The zero-order valence-electron chi connectivity index (χ0n) is 21.1. The Kier molecular flexibility index (Phi) is 13.7. The van der Waals surface area contributed by atoms with Gasteiger partial charge in [-0.15, -0.1) is 0 Å². The number of carbonyl (C=O) groups excluding carboxylic acids is 3. The van der Waals surface area contributed by atoms with E-state index < -0.39 is 66.4 Å². The first-order valence-electron chi connectivity index (χ1n) is 12.1. The standard InChI is InChI=1S/C24H37N5O9/c1-13(30)20(24(37)38)29-23(36)18(12-14-5-7-15(31)8-6-14)28-22(35)17(9-10-19(32)33)27-21(34)16(26)4-2-3-11-25/h5-8,13,16-18,20,30-31H,2-4,9-12,25-26H2,1H3,(H,27,34)(H,28,35)(H,29,36)(H,32,33)(H,37,38). The van der Waals surface area contributed by atoms with E-state index >= 15 is 0 Å². The maximum Gasteiger partial charge on any atom is 0.328 e. The zero-order valence-corrected chi connectivity index (χ0v) is 21.1. The Morgan fingerprint density at radius 2 is 1.45 bits per heavy atom. The van der Waals surface area contributed by atoms with Crippen LogP contribution in [0.15, 0.2) is 24.3 Å². The maximum absolute atomic E-state index is 13.1. The summed E-state index contributed by atoms with van der Waals surface area (Å²) in [5.74, 6) is -5.29. The number of nitrogens with two attached hydrogens (primary N) is 2. The van der Waals surface area contributed by atoms with Gasteiger partial charge >= 0.3 is 11.9 Å². The number of hydrogen-bond acceptors (Lipinski definition) is 9. The number of carbonyl (C=O) groups is 5. The van der Waals surface area contributed by atoms with E-state index in [9.17, 15) is 39.3 Å². The summed E-state index contributed by atoms with van der Waals surface area (Å²) in [6.07, 6.45) is -0.882. The fourth-order valence-electron chi connectivity index (χ4n) is 3.45. The molecule has 0 spiro atoms. The number of aliphatic hydroxyl groups is 1. The number of benzene rings is 1. The third-order valence-electron chi connectivity index (χ3n) is 5.64. The Labute approximate surface area is 219 Å². The van der Waals surface area contributed by atoms with Crippen LogP contribution in [0.4, 0.5) is 0 Å². The monoisotopic (exact) mass is 539 g/mol. The lowest BCUT2D eigenvalue weighted by Crippen LogP contribution is -2.58. The van der Waals surface area contributed by atoms with Gasteiger partial charge < -0.3 is 47.8 Å². The Bertz CT molecular complexity index is 955. The van der Waals surface area contributed by atoms with E-state index in [1.807, 2.05) is 0 Å². The summed E-state index contributed by atoms with van der Waals surface area (Å²) in [6, 6.07) is 0.283. The molecule has 0 aromatic heterocycles. The molecule has 3 amide bonds. The zero-order chi connectivity index (χ0) is 28.8. The molecule has 0 bridgehead atoms. The summed E-state index contributed by atoms with van der Waals surface area (Å²) < 4.78 is 0. The van der Waals surface area contributed by atoms with Crippen LogP contribution >= 0.6 is 0 Å². The van der Waals surface area contributed by atoms with E-state index in [0.717, 1.165) is 0 Å². The third-order valence-corrected chi connectivity index (χ3v) is 5.64. The van der Waals surface area contributed by atoms with Gasteiger partial charge in [-0.1, -0.05) is 18.6 Å². The van der Waals surface area contributed by atoms with Gasteiger partial charge in [0.15, 0.2) is 6.04 Å². The van der Waals surface area contributed by atoms with Crippen LogP contribution in [0, 0.1) is 0 Å². The van der Waals surface area contributed by atoms with E-state index in [-0.39, 0.29) is 25.0 Å². The predicted molar refractivity (Wildman–Crippen MR) is 135 cm³/mol. The molecule has 0 aliphatic carbocycles. The Morgan fingerprint density at radius 1 is 0.868 bits per heavy atom. The molecule has 14 heteroatoms. The number of carboxylic acids is 2. The molecule has 1 rings (SSSR count). The number of phenolic OH excluding ortho intramolecular Hbond substituents is 1. The van der Waals surface area contributed by atoms with Crippen molar-refractivity contribution in [2.75, 3.05) is 6.54 Å². The molecule has 11 N–H and O–H groups in total. The minimum atomic E-state index is -1.67. The molecule has 1 aromatic rings. The lowest BCUT2D eigenvalue weighted by atomic mass is 10.0. The van der Waals surface area contributed by atoms with Gasteiger partial charge in [0.25, 0.3) is 0 Å². The van der Waals surface area contributed by atoms with Gasteiger partial charge in [0, 0.05) is 12.8 Å². The lowest BCUT2D eigenvalue weighted by Gasteiger charge is -2.26. The second kappa shape index (κ2) is 16.2. The highest BCUT2D eigenvalue weighted by Gasteiger charge is 2.32. The molecule has 5 atom stereocenters. The normalized spacial score (nSPS) is 14.8. The van der Waals surface area contributed by atoms with Gasteiger partial charge in [-0.3, -0.25) is 19.2 Å². The van der Waals surface area contributed by atoms with Crippen molar-refractivity contribution < 1.29 is 44.4 Å². The molecule has 0 saturated heterocycles. The van der Waals surface area contributed by atoms with Crippen molar-refractivity contribution in [3.63, 3.8) is 0 Å². The smallest absolute Gasteiger partial charge is 0.328 e. The molecule has 0 aliphatic rings. The number of aliphatic hydroxyl groups excluding tert-OH is 1. The second-order valence-electron chi connectivity index (χ2n) is 8.88. The molecule has 1 aromatic carbocycles. The number of rotatable bonds is 17. The molecular formula is C24H37N5O9. The molecule has 5 unspecified atom stereocenters. The van der Waals surface area contributed by atoms with Crippen molar-refractivity contribution in [2.45, 2.75) is 75.7 Å². The molecule has 0 heterocycles. The fraction of sp³-hybridized carbons (Fsp3) is 0.542. The van der Waals surface area contributed by atoms with Crippen molar-refractivity contribution >= 4 is 29.7 Å². The number of aliphatic carboxylic acids is 2. The van der Waals surface area contributed by atoms with Crippen LogP contribution in [0.25, 0.3) is 0 Å². The average Bonchev–Trinajstić information content (AvgIpc) is 2.84. The van der Waals surface area contributed by atoms with Crippen LogP contribution in [-0.2, 0) is 30.4 Å². The van der Waals surface area contributed by atoms with Gasteiger partial charge in [0.1, 0.15) is 17.8 Å². The van der Waals surface area contributed by atoms with E-state index in [4.69, 9.17) is 16.6 Å². The maximum atomic E-state index is 13.1. The first kappa shape index (κ1) is 32.3. The first-order chi connectivity index (χ1) is 17.8. The number of nitrogens with one attached hydrogen (secondary N) is 3. The number of unbranched alkanes of at least 4 members (excludes halogenated alkanes) is 1. The van der Waals surface area contributed by atoms with Gasteiger partial charge in [0.2, 0.25) is 17.7 Å². The van der Waals surface area contributed by atoms with E-state index in [0.29, 0.717) is 24.9 Å². The van der Waals surface area contributed by atoms with Crippen LogP contribution in [0.5, 0.6) is 5.75 Å². The van der Waals surface area contributed by atoms with E-state index in [1.54, 1.807) is 0 Å². The number of phenols is 1. The van der Waals surface area contributed by atoms with Crippen molar-refractivity contribution in [1.29, 1.82) is 0 Å². The number of carboxylic acid groups (broad SMARTS) is 2. The first-order valence-corrected chi connectivity index (χ1v) is 12.1. The molecule has 14 nitrogen and oxygen atoms in total. The fourth-order valence-corrected chi connectivity index (χ4v) is 3.45. The summed E-state index contributed by atoms with van der Waals surface area (Å²) in [6.45, 7) is 1.58. The summed E-state index contributed by atoms with van der Waals surface area (Å²) in [5.41, 5.74) is 11.8. The van der Waals surface area contributed by atoms with Crippen molar-refractivity contribution in [3.8, 4) is 5.75 Å². The molecule has 0 aliphatic heterocycles.